The van der Waals surface area contributed by atoms with Crippen molar-refractivity contribution in [3.8, 4) is 0 Å². The highest BCUT2D eigenvalue weighted by molar-refractivity contribution is 5.08. The van der Waals surface area contributed by atoms with Gasteiger partial charge in [-0.05, 0) is 43.5 Å². The van der Waals surface area contributed by atoms with Gasteiger partial charge in [-0.15, -0.1) is 0 Å². The molecule has 1 atom stereocenters. The second-order valence-corrected chi connectivity index (χ2v) is 3.73. The number of nitrogens with two attached hydrogens (primary N) is 2. The van der Waals surface area contributed by atoms with E-state index in [1.165, 1.54) is 0 Å². The summed E-state index contributed by atoms with van der Waals surface area (Å²) in [5, 5.41) is 0. The Labute approximate surface area is 85.5 Å². The maximum absolute atomic E-state index is 5.61. The topological polar surface area (TPSA) is 64.9 Å². The average molecular weight is 193 g/mol. The van der Waals surface area contributed by atoms with Crippen LogP contribution in [0.15, 0.2) is 24.4 Å². The summed E-state index contributed by atoms with van der Waals surface area (Å²) in [6.07, 6.45) is 2.84. The summed E-state index contributed by atoms with van der Waals surface area (Å²) in [6.45, 7) is 3.49. The molecule has 0 radical (unpaired) electrons. The van der Waals surface area contributed by atoms with Crippen LogP contribution in [-0.4, -0.2) is 18.1 Å². The van der Waals surface area contributed by atoms with Crippen LogP contribution in [0.4, 0.5) is 0 Å². The third kappa shape index (κ3) is 3.09. The van der Waals surface area contributed by atoms with Crippen molar-refractivity contribution in [2.75, 3.05) is 13.1 Å². The molecule has 1 aromatic rings. The van der Waals surface area contributed by atoms with Gasteiger partial charge in [0, 0.05) is 11.9 Å². The monoisotopic (exact) mass is 193 g/mol. The molecule has 0 aromatic carbocycles. The molecule has 0 aliphatic rings. The number of pyridine rings is 1. The van der Waals surface area contributed by atoms with E-state index in [4.69, 9.17) is 11.5 Å². The van der Waals surface area contributed by atoms with Gasteiger partial charge in [0.05, 0.1) is 0 Å². The largest absolute Gasteiger partial charge is 0.330 e. The van der Waals surface area contributed by atoms with Gasteiger partial charge in [0.25, 0.3) is 0 Å². The van der Waals surface area contributed by atoms with E-state index in [1.54, 1.807) is 0 Å². The molecule has 4 N–H and O–H groups in total. The van der Waals surface area contributed by atoms with E-state index in [9.17, 15) is 0 Å². The zero-order valence-electron chi connectivity index (χ0n) is 8.69. The fraction of sp³-hybridized carbons (Fsp3) is 0.545. The molecule has 1 aromatic heterocycles. The first-order valence-electron chi connectivity index (χ1n) is 5.09. The minimum atomic E-state index is 0.409. The van der Waals surface area contributed by atoms with Crippen molar-refractivity contribution in [3.05, 3.63) is 30.1 Å². The van der Waals surface area contributed by atoms with Crippen LogP contribution in [0.2, 0.25) is 0 Å². The first-order chi connectivity index (χ1) is 6.77. The molecule has 1 rings (SSSR count). The van der Waals surface area contributed by atoms with Crippen molar-refractivity contribution in [2.24, 2.45) is 17.4 Å². The van der Waals surface area contributed by atoms with Crippen LogP contribution in [0, 0.1) is 5.92 Å². The second kappa shape index (κ2) is 5.73. The Balaban J connectivity index is 2.54. The standard InChI is InChI=1S/C11H19N3/c1-9(6-10(7-12)8-13)11-4-2-3-5-14-11/h2-5,9-10H,6-8,12-13H2,1H3. The van der Waals surface area contributed by atoms with E-state index in [2.05, 4.69) is 18.0 Å². The molecule has 78 valence electrons. The Morgan fingerprint density at radius 1 is 1.29 bits per heavy atom. The predicted molar refractivity (Wildman–Crippen MR) is 58.9 cm³/mol. The number of nitrogens with zero attached hydrogens (tertiary/aromatic N) is 1. The highest BCUT2D eigenvalue weighted by Crippen LogP contribution is 2.20. The van der Waals surface area contributed by atoms with E-state index in [-0.39, 0.29) is 0 Å². The summed E-state index contributed by atoms with van der Waals surface area (Å²) in [6, 6.07) is 5.99. The molecule has 1 unspecified atom stereocenters. The number of hydrogen-bond donors (Lipinski definition) is 2. The van der Waals surface area contributed by atoms with Gasteiger partial charge < -0.3 is 11.5 Å². The summed E-state index contributed by atoms with van der Waals surface area (Å²) in [5.74, 6) is 0.848. The van der Waals surface area contributed by atoms with Crippen LogP contribution in [-0.2, 0) is 0 Å². The fourth-order valence-electron chi connectivity index (χ4n) is 1.58. The Morgan fingerprint density at radius 3 is 2.50 bits per heavy atom. The lowest BCUT2D eigenvalue weighted by molar-refractivity contribution is 0.461. The van der Waals surface area contributed by atoms with E-state index in [0.717, 1.165) is 12.1 Å². The molecule has 0 saturated heterocycles. The second-order valence-electron chi connectivity index (χ2n) is 3.73. The third-order valence-corrected chi connectivity index (χ3v) is 2.55. The summed E-state index contributed by atoms with van der Waals surface area (Å²) in [7, 11) is 0. The Morgan fingerprint density at radius 2 is 2.00 bits per heavy atom. The van der Waals surface area contributed by atoms with Crippen molar-refractivity contribution >= 4 is 0 Å². The smallest absolute Gasteiger partial charge is 0.0431 e. The maximum atomic E-state index is 5.61. The van der Waals surface area contributed by atoms with E-state index in [0.29, 0.717) is 24.9 Å². The summed E-state index contributed by atoms with van der Waals surface area (Å²) < 4.78 is 0. The van der Waals surface area contributed by atoms with Crippen molar-refractivity contribution in [2.45, 2.75) is 19.3 Å². The molecule has 3 nitrogen and oxygen atoms in total. The van der Waals surface area contributed by atoms with Crippen LogP contribution in [0.3, 0.4) is 0 Å². The molecule has 0 aliphatic carbocycles. The molecule has 1 heterocycles. The third-order valence-electron chi connectivity index (χ3n) is 2.55. The number of rotatable bonds is 5. The van der Waals surface area contributed by atoms with Crippen molar-refractivity contribution in [1.29, 1.82) is 0 Å². The van der Waals surface area contributed by atoms with Crippen molar-refractivity contribution in [1.82, 2.24) is 4.98 Å². The Kier molecular flexibility index (Phi) is 4.56. The van der Waals surface area contributed by atoms with E-state index in [1.807, 2.05) is 18.3 Å². The van der Waals surface area contributed by atoms with Crippen molar-refractivity contribution < 1.29 is 0 Å². The van der Waals surface area contributed by atoms with E-state index < -0.39 is 0 Å². The minimum Gasteiger partial charge on any atom is -0.330 e. The van der Waals surface area contributed by atoms with Gasteiger partial charge in [-0.1, -0.05) is 13.0 Å². The lowest BCUT2D eigenvalue weighted by Crippen LogP contribution is -2.24. The van der Waals surface area contributed by atoms with Crippen LogP contribution in [0.1, 0.15) is 25.0 Å². The van der Waals surface area contributed by atoms with Crippen LogP contribution >= 0.6 is 0 Å². The average Bonchev–Trinajstić information content (AvgIpc) is 2.26. The quantitative estimate of drug-likeness (QED) is 0.736. The lowest BCUT2D eigenvalue weighted by atomic mass is 9.93. The van der Waals surface area contributed by atoms with Gasteiger partial charge in [-0.2, -0.15) is 0 Å². The molecule has 0 spiro atoms. The molecule has 14 heavy (non-hydrogen) atoms. The van der Waals surface area contributed by atoms with Gasteiger partial charge in [-0.3, -0.25) is 4.98 Å². The van der Waals surface area contributed by atoms with Crippen molar-refractivity contribution in [3.63, 3.8) is 0 Å². The molecular weight excluding hydrogens is 174 g/mol. The van der Waals surface area contributed by atoms with Gasteiger partial charge in [0.2, 0.25) is 0 Å². The SMILES string of the molecule is CC(CC(CN)CN)c1ccccn1. The normalized spacial score (nSPS) is 13.1. The Hall–Kier alpha value is -0.930. The summed E-state index contributed by atoms with van der Waals surface area (Å²) in [4.78, 5) is 4.32. The zero-order chi connectivity index (χ0) is 10.4. The maximum Gasteiger partial charge on any atom is 0.0431 e. The summed E-state index contributed by atoms with van der Waals surface area (Å²) in [5.41, 5.74) is 12.3. The highest BCUT2D eigenvalue weighted by Gasteiger charge is 2.12. The predicted octanol–water partition coefficient (Wildman–Crippen LogP) is 1.11. The first-order valence-corrected chi connectivity index (χ1v) is 5.09. The fourth-order valence-corrected chi connectivity index (χ4v) is 1.58. The molecule has 0 bridgehead atoms. The van der Waals surface area contributed by atoms with Crippen LogP contribution in [0.25, 0.3) is 0 Å². The highest BCUT2D eigenvalue weighted by atomic mass is 14.7. The molecule has 0 amide bonds. The lowest BCUT2D eigenvalue weighted by Gasteiger charge is -2.17. The minimum absolute atomic E-state index is 0.409. The van der Waals surface area contributed by atoms with Crippen LogP contribution in [0.5, 0.6) is 0 Å². The van der Waals surface area contributed by atoms with Gasteiger partial charge in [0.15, 0.2) is 0 Å². The molecular formula is C11H19N3. The molecule has 0 aliphatic heterocycles. The number of hydrogen-bond acceptors (Lipinski definition) is 3. The molecule has 3 heteroatoms. The first kappa shape index (κ1) is 11.1. The number of aromatic nitrogens is 1. The Bertz CT molecular complexity index is 244. The van der Waals surface area contributed by atoms with Gasteiger partial charge in [-0.25, -0.2) is 0 Å². The van der Waals surface area contributed by atoms with Gasteiger partial charge in [0.1, 0.15) is 0 Å². The van der Waals surface area contributed by atoms with Crippen LogP contribution < -0.4 is 11.5 Å². The summed E-state index contributed by atoms with van der Waals surface area (Å²) >= 11 is 0. The van der Waals surface area contributed by atoms with Gasteiger partial charge >= 0.3 is 0 Å². The van der Waals surface area contributed by atoms with E-state index >= 15 is 0 Å². The molecule has 0 fully saturated rings. The zero-order valence-corrected chi connectivity index (χ0v) is 8.69. The molecule has 0 saturated carbocycles.